The summed E-state index contributed by atoms with van der Waals surface area (Å²) in [5, 5.41) is 0. The second kappa shape index (κ2) is 2.06. The zero-order valence-electron chi connectivity index (χ0n) is 5.36. The lowest BCUT2D eigenvalue weighted by Gasteiger charge is -1.87. The van der Waals surface area contributed by atoms with Crippen molar-refractivity contribution in [3.05, 3.63) is 35.7 Å². The number of aliphatic imine (C=N–C) groups is 2. The lowest BCUT2D eigenvalue weighted by molar-refractivity contribution is 1.40. The minimum absolute atomic E-state index is 1.14. The van der Waals surface area contributed by atoms with Crippen LogP contribution < -0.4 is 4.99 Å². The zero-order valence-corrected chi connectivity index (χ0v) is 5.36. The Bertz CT molecular complexity index is 290. The van der Waals surface area contributed by atoms with Gasteiger partial charge < -0.3 is 0 Å². The number of nitrogens with zero attached hydrogens (tertiary/aromatic N) is 2. The summed E-state index contributed by atoms with van der Waals surface area (Å²) in [4.78, 5) is 7.97. The Kier molecular flexibility index (Phi) is 1.10. The molecule has 0 saturated carbocycles. The average molecular weight is 130 g/mol. The first-order chi connectivity index (χ1) is 4.97. The summed E-state index contributed by atoms with van der Waals surface area (Å²) in [5.41, 5.74) is 2.27. The fourth-order valence-electron chi connectivity index (χ4n) is 0.922. The Morgan fingerprint density at radius 2 is 2.30 bits per heavy atom. The van der Waals surface area contributed by atoms with Gasteiger partial charge in [-0.15, -0.1) is 0 Å². The van der Waals surface area contributed by atoms with Crippen molar-refractivity contribution in [1.82, 2.24) is 4.99 Å². The molecular formula is C8H6N2+. The van der Waals surface area contributed by atoms with Crippen LogP contribution in [0.2, 0.25) is 0 Å². The van der Waals surface area contributed by atoms with Crippen LogP contribution in [0.5, 0.6) is 0 Å². The molecule has 0 aromatic heterocycles. The number of hydrogen-bond acceptors (Lipinski definition) is 2. The Labute approximate surface area is 59.0 Å². The summed E-state index contributed by atoms with van der Waals surface area (Å²) in [6, 6.07) is 0. The summed E-state index contributed by atoms with van der Waals surface area (Å²) in [6.07, 6.45) is 11.1. The maximum Gasteiger partial charge on any atom is 0.242 e. The van der Waals surface area contributed by atoms with Gasteiger partial charge in [0.2, 0.25) is 12.4 Å². The summed E-state index contributed by atoms with van der Waals surface area (Å²) in [5.74, 6) is 0. The van der Waals surface area contributed by atoms with E-state index in [9.17, 15) is 0 Å². The molecule has 1 radical (unpaired) electrons. The van der Waals surface area contributed by atoms with E-state index in [0.717, 1.165) is 11.1 Å². The molecule has 0 bridgehead atoms. The van der Waals surface area contributed by atoms with Crippen LogP contribution in [-0.4, -0.2) is 12.4 Å². The highest BCUT2D eigenvalue weighted by atomic mass is 14.7. The van der Waals surface area contributed by atoms with E-state index in [-0.39, 0.29) is 0 Å². The molecule has 2 heterocycles. The molecule has 0 unspecified atom stereocenters. The topological polar surface area (TPSA) is 26.5 Å². The maximum absolute atomic E-state index is 4.00. The van der Waals surface area contributed by atoms with Crippen LogP contribution in [0.1, 0.15) is 0 Å². The molecule has 0 aromatic carbocycles. The minimum atomic E-state index is 1.14. The molecule has 0 fully saturated rings. The highest BCUT2D eigenvalue weighted by Gasteiger charge is 2.07. The molecule has 47 valence electrons. The molecule has 0 N–H and O–H groups in total. The van der Waals surface area contributed by atoms with Crippen molar-refractivity contribution >= 4 is 12.4 Å². The Balaban J connectivity index is 2.50. The summed E-state index contributed by atoms with van der Waals surface area (Å²) in [6.45, 7) is 0. The maximum atomic E-state index is 4.00. The SMILES string of the molecule is C1=CC2=CN=CC2=CC=[N+]1. The zero-order chi connectivity index (χ0) is 6.81. The summed E-state index contributed by atoms with van der Waals surface area (Å²) >= 11 is 0. The first-order valence-electron chi connectivity index (χ1n) is 3.10. The van der Waals surface area contributed by atoms with Gasteiger partial charge in [-0.05, 0) is 0 Å². The molecule has 2 aliphatic rings. The van der Waals surface area contributed by atoms with Crippen molar-refractivity contribution in [3.8, 4) is 0 Å². The van der Waals surface area contributed by atoms with Crippen LogP contribution in [0.25, 0.3) is 0 Å². The van der Waals surface area contributed by atoms with E-state index >= 15 is 0 Å². The molecular weight excluding hydrogens is 124 g/mol. The van der Waals surface area contributed by atoms with Gasteiger partial charge in [0.05, 0.1) is 4.99 Å². The quantitative estimate of drug-likeness (QED) is 0.464. The predicted molar refractivity (Wildman–Crippen MR) is 42.0 cm³/mol. The smallest absolute Gasteiger partial charge is 0.242 e. The molecule has 2 aliphatic heterocycles. The first kappa shape index (κ1) is 5.35. The number of fused-ring (bicyclic) bond motifs is 1. The number of hydrogen-bond donors (Lipinski definition) is 0. The van der Waals surface area contributed by atoms with Gasteiger partial charge in [-0.3, -0.25) is 4.99 Å². The third-order valence-electron chi connectivity index (χ3n) is 1.44. The van der Waals surface area contributed by atoms with Gasteiger partial charge in [-0.2, -0.15) is 0 Å². The van der Waals surface area contributed by atoms with Crippen LogP contribution in [0.3, 0.4) is 0 Å². The van der Waals surface area contributed by atoms with Crippen molar-refractivity contribution in [2.24, 2.45) is 4.99 Å². The van der Waals surface area contributed by atoms with Crippen molar-refractivity contribution in [2.75, 3.05) is 0 Å². The first-order valence-corrected chi connectivity index (χ1v) is 3.10. The van der Waals surface area contributed by atoms with Gasteiger partial charge in [0.1, 0.15) is 0 Å². The third kappa shape index (κ3) is 0.739. The second-order valence-corrected chi connectivity index (χ2v) is 2.10. The Hall–Kier alpha value is -1.44. The van der Waals surface area contributed by atoms with E-state index in [4.69, 9.17) is 0 Å². The third-order valence-corrected chi connectivity index (χ3v) is 1.44. The van der Waals surface area contributed by atoms with Crippen molar-refractivity contribution in [3.63, 3.8) is 0 Å². The molecule has 2 nitrogen and oxygen atoms in total. The summed E-state index contributed by atoms with van der Waals surface area (Å²) in [7, 11) is 0. The van der Waals surface area contributed by atoms with Crippen LogP contribution >= 0.6 is 0 Å². The van der Waals surface area contributed by atoms with E-state index in [0.29, 0.717) is 0 Å². The van der Waals surface area contributed by atoms with E-state index in [1.165, 1.54) is 0 Å². The lowest BCUT2D eigenvalue weighted by atomic mass is 10.1. The lowest BCUT2D eigenvalue weighted by Crippen LogP contribution is -1.81. The molecule has 0 aromatic rings. The monoisotopic (exact) mass is 130 g/mol. The van der Waals surface area contributed by atoms with E-state index in [1.807, 2.05) is 24.6 Å². The van der Waals surface area contributed by atoms with Gasteiger partial charge in [-0.25, -0.2) is 0 Å². The minimum Gasteiger partial charge on any atom is -0.263 e. The standard InChI is InChI=1S/C8H6N2/c1-3-9-4-2-8-6-10-5-7(1)8/h1-6H/q+1. The molecule has 0 aliphatic carbocycles. The largest absolute Gasteiger partial charge is 0.263 e. The number of rotatable bonds is 0. The van der Waals surface area contributed by atoms with Crippen molar-refractivity contribution in [2.45, 2.75) is 0 Å². The molecule has 2 heteroatoms. The molecule has 0 spiro atoms. The number of allylic oxidation sites excluding steroid dienone is 4. The van der Waals surface area contributed by atoms with Crippen molar-refractivity contribution in [1.29, 1.82) is 0 Å². The van der Waals surface area contributed by atoms with Crippen LogP contribution in [0.15, 0.2) is 40.7 Å². The van der Waals surface area contributed by atoms with Crippen LogP contribution in [-0.2, 0) is 0 Å². The Morgan fingerprint density at radius 1 is 1.30 bits per heavy atom. The average Bonchev–Trinajstić information content (AvgIpc) is 2.28. The second-order valence-electron chi connectivity index (χ2n) is 2.10. The van der Waals surface area contributed by atoms with E-state index in [1.54, 1.807) is 12.4 Å². The van der Waals surface area contributed by atoms with Crippen molar-refractivity contribution < 1.29 is 0 Å². The molecule has 2 rings (SSSR count). The Morgan fingerprint density at radius 3 is 3.30 bits per heavy atom. The van der Waals surface area contributed by atoms with Crippen LogP contribution in [0.4, 0.5) is 0 Å². The van der Waals surface area contributed by atoms with Gasteiger partial charge in [0, 0.05) is 35.7 Å². The van der Waals surface area contributed by atoms with Gasteiger partial charge in [0.15, 0.2) is 0 Å². The summed E-state index contributed by atoms with van der Waals surface area (Å²) < 4.78 is 0. The highest BCUT2D eigenvalue weighted by molar-refractivity contribution is 5.95. The van der Waals surface area contributed by atoms with Gasteiger partial charge >= 0.3 is 0 Å². The van der Waals surface area contributed by atoms with Crippen LogP contribution in [0, 0.1) is 0 Å². The fraction of sp³-hybridized carbons (Fsp3) is 0. The molecule has 0 amide bonds. The van der Waals surface area contributed by atoms with Gasteiger partial charge in [-0.1, -0.05) is 0 Å². The normalized spacial score (nSPS) is 20.0. The van der Waals surface area contributed by atoms with Gasteiger partial charge in [0.25, 0.3) is 0 Å². The molecule has 10 heavy (non-hydrogen) atoms. The van der Waals surface area contributed by atoms with E-state index < -0.39 is 0 Å². The predicted octanol–water partition coefficient (Wildman–Crippen LogP) is 0.815. The van der Waals surface area contributed by atoms with E-state index in [2.05, 4.69) is 9.98 Å². The highest BCUT2D eigenvalue weighted by Crippen LogP contribution is 2.14. The molecule has 0 atom stereocenters. The fourth-order valence-corrected chi connectivity index (χ4v) is 0.922. The molecule has 0 saturated heterocycles.